The molecule has 3 aromatic rings. The topological polar surface area (TPSA) is 85.1 Å². The van der Waals surface area contributed by atoms with Gasteiger partial charge in [0.05, 0.1) is 10.7 Å². The third-order valence-corrected chi connectivity index (χ3v) is 4.91. The van der Waals surface area contributed by atoms with Crippen molar-refractivity contribution in [2.75, 3.05) is 6.54 Å². The molecule has 0 aliphatic rings. The van der Waals surface area contributed by atoms with Crippen LogP contribution in [-0.4, -0.2) is 37.2 Å². The van der Waals surface area contributed by atoms with Crippen molar-refractivity contribution >= 4 is 33.5 Å². The van der Waals surface area contributed by atoms with E-state index in [0.29, 0.717) is 19.4 Å². The zero-order valence-electron chi connectivity index (χ0n) is 12.4. The molecular formula is C13H16N6OS2. The second-order valence-corrected chi connectivity index (χ2v) is 7.00. The van der Waals surface area contributed by atoms with Gasteiger partial charge in [0.2, 0.25) is 10.9 Å². The maximum Gasteiger partial charge on any atom is 0.234 e. The Hall–Kier alpha value is -1.87. The Bertz CT molecular complexity index is 790. The Balaban J connectivity index is 1.43. The number of thiazole rings is 1. The van der Waals surface area contributed by atoms with E-state index in [0.717, 1.165) is 32.9 Å². The summed E-state index contributed by atoms with van der Waals surface area (Å²) in [6.07, 6.45) is 1.82. The van der Waals surface area contributed by atoms with Crippen molar-refractivity contribution in [2.45, 2.75) is 33.1 Å². The number of carbonyl (C=O) groups excluding carboxylic acids is 1. The molecule has 1 N–H and O–H groups in total. The molecule has 3 aromatic heterocycles. The van der Waals surface area contributed by atoms with Gasteiger partial charge in [0.25, 0.3) is 0 Å². The first-order valence-corrected chi connectivity index (χ1v) is 8.67. The number of hydrogen-bond acceptors (Lipinski definition) is 7. The molecule has 0 aromatic carbocycles. The van der Waals surface area contributed by atoms with E-state index >= 15 is 0 Å². The van der Waals surface area contributed by atoms with Gasteiger partial charge in [0, 0.05) is 31.2 Å². The third kappa shape index (κ3) is 3.47. The number of aromatic nitrogens is 5. The first-order chi connectivity index (χ1) is 10.6. The minimum atomic E-state index is 0.0367. The first kappa shape index (κ1) is 15.0. The van der Waals surface area contributed by atoms with Gasteiger partial charge in [0.1, 0.15) is 5.01 Å². The van der Waals surface area contributed by atoms with Gasteiger partial charge in [-0.25, -0.2) is 4.98 Å². The highest BCUT2D eigenvalue weighted by Crippen LogP contribution is 2.15. The summed E-state index contributed by atoms with van der Waals surface area (Å²) in [5.74, 6) is 0.801. The number of carbonyl (C=O) groups is 1. The number of amides is 1. The summed E-state index contributed by atoms with van der Waals surface area (Å²) in [6, 6.07) is 0. The predicted octanol–water partition coefficient (Wildman–Crippen LogP) is 1.55. The normalized spacial score (nSPS) is 11.2. The highest BCUT2D eigenvalue weighted by molar-refractivity contribution is 7.16. The van der Waals surface area contributed by atoms with Gasteiger partial charge in [-0.15, -0.1) is 21.5 Å². The molecular weight excluding hydrogens is 320 g/mol. The monoisotopic (exact) mass is 336 g/mol. The Morgan fingerprint density at radius 3 is 2.91 bits per heavy atom. The molecule has 0 atom stereocenters. The average Bonchev–Trinajstić information content (AvgIpc) is 3.16. The molecule has 0 bridgehead atoms. The summed E-state index contributed by atoms with van der Waals surface area (Å²) >= 11 is 3.10. The molecule has 0 spiro atoms. The molecule has 0 saturated heterocycles. The maximum absolute atomic E-state index is 11.8. The predicted molar refractivity (Wildman–Crippen MR) is 85.3 cm³/mol. The molecule has 0 saturated carbocycles. The number of rotatable bonds is 6. The Morgan fingerprint density at radius 1 is 1.32 bits per heavy atom. The van der Waals surface area contributed by atoms with Crippen LogP contribution in [0.2, 0.25) is 0 Å². The fourth-order valence-corrected chi connectivity index (χ4v) is 3.54. The quantitative estimate of drug-likeness (QED) is 0.738. The van der Waals surface area contributed by atoms with E-state index in [1.807, 2.05) is 19.2 Å². The molecule has 0 aliphatic carbocycles. The third-order valence-electron chi connectivity index (χ3n) is 3.12. The standard InChI is InChI=1S/C13H16N6OS2/c1-8-16-17-13-19(8)18-12(22-13)4-3-11(20)14-6-5-10-7-21-9(2)15-10/h7H,3-6H2,1-2H3,(H,14,20). The van der Waals surface area contributed by atoms with E-state index in [4.69, 9.17) is 0 Å². The van der Waals surface area contributed by atoms with E-state index in [1.54, 1.807) is 15.9 Å². The fourth-order valence-electron chi connectivity index (χ4n) is 2.02. The van der Waals surface area contributed by atoms with Gasteiger partial charge in [-0.1, -0.05) is 11.3 Å². The zero-order chi connectivity index (χ0) is 15.5. The smallest absolute Gasteiger partial charge is 0.234 e. The first-order valence-electron chi connectivity index (χ1n) is 6.97. The van der Waals surface area contributed by atoms with E-state index in [-0.39, 0.29) is 5.91 Å². The summed E-state index contributed by atoms with van der Waals surface area (Å²) in [5, 5.41) is 19.3. The van der Waals surface area contributed by atoms with E-state index < -0.39 is 0 Å². The largest absolute Gasteiger partial charge is 0.356 e. The lowest BCUT2D eigenvalue weighted by atomic mass is 10.3. The fraction of sp³-hybridized carbons (Fsp3) is 0.462. The number of nitrogens with zero attached hydrogens (tertiary/aromatic N) is 5. The summed E-state index contributed by atoms with van der Waals surface area (Å²) in [7, 11) is 0. The van der Waals surface area contributed by atoms with Gasteiger partial charge < -0.3 is 5.32 Å². The lowest BCUT2D eigenvalue weighted by Gasteiger charge is -2.02. The van der Waals surface area contributed by atoms with Gasteiger partial charge in [-0.2, -0.15) is 9.61 Å². The van der Waals surface area contributed by atoms with E-state index in [9.17, 15) is 4.79 Å². The van der Waals surface area contributed by atoms with Crippen molar-refractivity contribution in [1.29, 1.82) is 0 Å². The lowest BCUT2D eigenvalue weighted by molar-refractivity contribution is -0.121. The SMILES string of the molecule is Cc1nc(CCNC(=O)CCc2nn3c(C)nnc3s2)cs1. The van der Waals surface area contributed by atoms with Crippen LogP contribution >= 0.6 is 22.7 Å². The molecule has 9 heteroatoms. The molecule has 7 nitrogen and oxygen atoms in total. The van der Waals surface area contributed by atoms with Crippen molar-refractivity contribution < 1.29 is 4.79 Å². The van der Waals surface area contributed by atoms with Crippen molar-refractivity contribution in [3.63, 3.8) is 0 Å². The molecule has 0 radical (unpaired) electrons. The number of hydrogen-bond donors (Lipinski definition) is 1. The summed E-state index contributed by atoms with van der Waals surface area (Å²) in [6.45, 7) is 4.46. The summed E-state index contributed by atoms with van der Waals surface area (Å²) in [5.41, 5.74) is 1.03. The lowest BCUT2D eigenvalue weighted by Crippen LogP contribution is -2.25. The molecule has 116 valence electrons. The van der Waals surface area contributed by atoms with Crippen LogP contribution in [0.25, 0.3) is 4.96 Å². The van der Waals surface area contributed by atoms with Crippen LogP contribution < -0.4 is 5.32 Å². The zero-order valence-corrected chi connectivity index (χ0v) is 14.0. The van der Waals surface area contributed by atoms with Crippen molar-refractivity contribution in [3.05, 3.63) is 26.9 Å². The average molecular weight is 336 g/mol. The second-order valence-electron chi connectivity index (χ2n) is 4.90. The minimum absolute atomic E-state index is 0.0367. The van der Waals surface area contributed by atoms with Crippen LogP contribution in [0.4, 0.5) is 0 Å². The van der Waals surface area contributed by atoms with Crippen molar-refractivity contribution in [1.82, 2.24) is 30.1 Å². The van der Waals surface area contributed by atoms with E-state index in [2.05, 4.69) is 25.6 Å². The summed E-state index contributed by atoms with van der Waals surface area (Å²) in [4.78, 5) is 17.0. The van der Waals surface area contributed by atoms with Crippen LogP contribution in [0, 0.1) is 13.8 Å². The number of aryl methyl sites for hydroxylation is 3. The highest BCUT2D eigenvalue weighted by Gasteiger charge is 2.10. The minimum Gasteiger partial charge on any atom is -0.356 e. The van der Waals surface area contributed by atoms with Crippen molar-refractivity contribution in [2.24, 2.45) is 0 Å². The Labute approximate surface area is 135 Å². The van der Waals surface area contributed by atoms with Crippen LogP contribution in [-0.2, 0) is 17.6 Å². The summed E-state index contributed by atoms with van der Waals surface area (Å²) < 4.78 is 1.71. The highest BCUT2D eigenvalue weighted by atomic mass is 32.1. The van der Waals surface area contributed by atoms with Crippen LogP contribution in [0.5, 0.6) is 0 Å². The second kappa shape index (κ2) is 6.49. The van der Waals surface area contributed by atoms with Gasteiger partial charge in [-0.3, -0.25) is 4.79 Å². The molecule has 3 rings (SSSR count). The van der Waals surface area contributed by atoms with Crippen molar-refractivity contribution in [3.8, 4) is 0 Å². The Morgan fingerprint density at radius 2 is 2.18 bits per heavy atom. The van der Waals surface area contributed by atoms with Crippen LogP contribution in [0.15, 0.2) is 5.38 Å². The number of nitrogens with one attached hydrogen (secondary N) is 1. The van der Waals surface area contributed by atoms with Crippen LogP contribution in [0.3, 0.4) is 0 Å². The van der Waals surface area contributed by atoms with Gasteiger partial charge in [-0.05, 0) is 13.8 Å². The maximum atomic E-state index is 11.8. The van der Waals surface area contributed by atoms with Gasteiger partial charge in [0.15, 0.2) is 5.82 Å². The molecule has 1 amide bonds. The number of fused-ring (bicyclic) bond motifs is 1. The molecule has 0 aliphatic heterocycles. The Kier molecular flexibility index (Phi) is 4.44. The molecule has 0 unspecified atom stereocenters. The van der Waals surface area contributed by atoms with Crippen LogP contribution in [0.1, 0.15) is 28.0 Å². The molecule has 3 heterocycles. The molecule has 0 fully saturated rings. The van der Waals surface area contributed by atoms with E-state index in [1.165, 1.54) is 11.3 Å². The van der Waals surface area contributed by atoms with Gasteiger partial charge >= 0.3 is 0 Å². The molecule has 22 heavy (non-hydrogen) atoms.